The van der Waals surface area contributed by atoms with Crippen molar-refractivity contribution < 1.29 is 14.3 Å². The Balaban J connectivity index is 1.46. The highest BCUT2D eigenvalue weighted by Crippen LogP contribution is 2.45. The van der Waals surface area contributed by atoms with Crippen LogP contribution in [0.1, 0.15) is 24.2 Å². The van der Waals surface area contributed by atoms with Crippen LogP contribution in [0.4, 0.5) is 0 Å². The number of carbonyl (C=O) groups is 1. The molecule has 1 fully saturated rings. The molecule has 3 rings (SSSR count). The summed E-state index contributed by atoms with van der Waals surface area (Å²) >= 11 is 1.57. The monoisotopic (exact) mass is 331 g/mol. The van der Waals surface area contributed by atoms with E-state index in [1.54, 1.807) is 30.2 Å². The predicted octanol–water partition coefficient (Wildman–Crippen LogP) is 2.93. The van der Waals surface area contributed by atoms with E-state index in [1.165, 1.54) is 5.56 Å². The van der Waals surface area contributed by atoms with Gasteiger partial charge in [0.2, 0.25) is 5.91 Å². The second kappa shape index (κ2) is 7.23. The van der Waals surface area contributed by atoms with Crippen LogP contribution in [0, 0.1) is 5.92 Å². The quantitative estimate of drug-likeness (QED) is 0.781. The molecule has 1 unspecified atom stereocenters. The Labute approximate surface area is 140 Å². The number of carbonyl (C=O) groups excluding carboxylic acids is 1. The maximum Gasteiger partial charge on any atom is 0.230 e. The van der Waals surface area contributed by atoms with E-state index >= 15 is 0 Å². The van der Waals surface area contributed by atoms with Crippen LogP contribution in [-0.4, -0.2) is 23.3 Å². The van der Waals surface area contributed by atoms with E-state index < -0.39 is 5.60 Å². The molecule has 0 saturated heterocycles. The summed E-state index contributed by atoms with van der Waals surface area (Å²) in [5, 5.41) is 13.7. The van der Waals surface area contributed by atoms with E-state index in [9.17, 15) is 9.90 Å². The Hall–Kier alpha value is -1.72. The van der Waals surface area contributed by atoms with E-state index in [4.69, 9.17) is 4.42 Å². The zero-order chi connectivity index (χ0) is 16.1. The molecule has 1 aromatic carbocycles. The fraction of sp³-hybridized carbons (Fsp3) is 0.389. The van der Waals surface area contributed by atoms with Crippen molar-refractivity contribution in [1.29, 1.82) is 0 Å². The summed E-state index contributed by atoms with van der Waals surface area (Å²) in [4.78, 5) is 12.0. The topological polar surface area (TPSA) is 62.5 Å². The smallest absolute Gasteiger partial charge is 0.230 e. The molecule has 4 nitrogen and oxygen atoms in total. The van der Waals surface area contributed by atoms with E-state index in [0.29, 0.717) is 11.5 Å². The number of aliphatic hydroxyl groups is 1. The molecule has 1 aliphatic rings. The number of amides is 1. The Kier molecular flexibility index (Phi) is 5.08. The lowest BCUT2D eigenvalue weighted by Crippen LogP contribution is -2.42. The first kappa shape index (κ1) is 16.1. The first-order valence-corrected chi connectivity index (χ1v) is 8.99. The molecule has 5 heteroatoms. The summed E-state index contributed by atoms with van der Waals surface area (Å²) < 4.78 is 5.36. The lowest BCUT2D eigenvalue weighted by Gasteiger charge is -2.26. The Morgan fingerprint density at radius 1 is 1.26 bits per heavy atom. The van der Waals surface area contributed by atoms with Gasteiger partial charge in [-0.2, -0.15) is 0 Å². The van der Waals surface area contributed by atoms with Crippen molar-refractivity contribution in [1.82, 2.24) is 5.32 Å². The summed E-state index contributed by atoms with van der Waals surface area (Å²) in [6.45, 7) is 0.204. The lowest BCUT2D eigenvalue weighted by molar-refractivity contribution is -0.120. The number of rotatable bonds is 8. The SMILES string of the molecule is O=C(CSCc1ccccc1)NCC(O)(c1ccco1)C1CC1. The molecule has 1 saturated carbocycles. The highest BCUT2D eigenvalue weighted by Gasteiger charge is 2.47. The maximum absolute atomic E-state index is 12.0. The summed E-state index contributed by atoms with van der Waals surface area (Å²) in [7, 11) is 0. The first-order chi connectivity index (χ1) is 11.2. The van der Waals surface area contributed by atoms with Crippen LogP contribution in [0.3, 0.4) is 0 Å². The van der Waals surface area contributed by atoms with Crippen molar-refractivity contribution in [2.75, 3.05) is 12.3 Å². The van der Waals surface area contributed by atoms with Crippen molar-refractivity contribution in [2.24, 2.45) is 5.92 Å². The highest BCUT2D eigenvalue weighted by atomic mass is 32.2. The number of nitrogens with one attached hydrogen (secondary N) is 1. The molecule has 2 N–H and O–H groups in total. The fourth-order valence-electron chi connectivity index (χ4n) is 2.64. The van der Waals surface area contributed by atoms with Crippen molar-refractivity contribution >= 4 is 17.7 Å². The minimum Gasteiger partial charge on any atom is -0.466 e. The number of thioether (sulfide) groups is 1. The number of benzene rings is 1. The molecule has 122 valence electrons. The Morgan fingerprint density at radius 2 is 2.04 bits per heavy atom. The van der Waals surface area contributed by atoms with Gasteiger partial charge in [-0.1, -0.05) is 30.3 Å². The van der Waals surface area contributed by atoms with Gasteiger partial charge in [0.1, 0.15) is 11.4 Å². The summed E-state index contributed by atoms with van der Waals surface area (Å²) in [6.07, 6.45) is 3.49. The molecule has 1 aromatic heterocycles. The average molecular weight is 331 g/mol. The second-order valence-corrected chi connectivity index (χ2v) is 6.92. The minimum absolute atomic E-state index is 0.0587. The van der Waals surface area contributed by atoms with E-state index in [-0.39, 0.29) is 18.4 Å². The number of hydrogen-bond acceptors (Lipinski definition) is 4. The van der Waals surface area contributed by atoms with E-state index in [1.807, 2.05) is 30.3 Å². The normalized spacial score (nSPS) is 16.7. The molecule has 2 aromatic rings. The third-order valence-electron chi connectivity index (χ3n) is 4.10. The summed E-state index contributed by atoms with van der Waals surface area (Å²) in [5.74, 6) is 1.84. The molecule has 1 aliphatic carbocycles. The van der Waals surface area contributed by atoms with Crippen LogP contribution in [0.25, 0.3) is 0 Å². The molecule has 0 radical (unpaired) electrons. The lowest BCUT2D eigenvalue weighted by atomic mass is 9.94. The molecule has 1 heterocycles. The van der Waals surface area contributed by atoms with E-state index in [2.05, 4.69) is 5.32 Å². The van der Waals surface area contributed by atoms with Gasteiger partial charge in [-0.25, -0.2) is 0 Å². The van der Waals surface area contributed by atoms with Gasteiger partial charge in [-0.15, -0.1) is 11.8 Å². The van der Waals surface area contributed by atoms with Gasteiger partial charge >= 0.3 is 0 Å². The van der Waals surface area contributed by atoms with Crippen molar-refractivity contribution in [3.8, 4) is 0 Å². The molecular formula is C18H21NO3S. The van der Waals surface area contributed by atoms with Gasteiger partial charge in [0.05, 0.1) is 18.6 Å². The standard InChI is InChI=1S/C18H21NO3S/c20-17(12-23-11-14-5-2-1-3-6-14)19-13-18(21,15-8-9-15)16-7-4-10-22-16/h1-7,10,15,21H,8-9,11-13H2,(H,19,20). The molecule has 23 heavy (non-hydrogen) atoms. The minimum atomic E-state index is -1.08. The van der Waals surface area contributed by atoms with Crippen LogP contribution in [0.2, 0.25) is 0 Å². The zero-order valence-electron chi connectivity index (χ0n) is 12.9. The molecule has 1 atom stereocenters. The summed E-state index contributed by atoms with van der Waals surface area (Å²) in [5.41, 5.74) is 0.124. The van der Waals surface area contributed by atoms with Gasteiger partial charge in [0.25, 0.3) is 0 Å². The molecule has 1 amide bonds. The van der Waals surface area contributed by atoms with Crippen molar-refractivity contribution in [3.63, 3.8) is 0 Å². The van der Waals surface area contributed by atoms with Gasteiger partial charge in [0.15, 0.2) is 0 Å². The third-order valence-corrected chi connectivity index (χ3v) is 5.10. The van der Waals surface area contributed by atoms with Gasteiger partial charge in [-0.3, -0.25) is 4.79 Å². The fourth-order valence-corrected chi connectivity index (χ4v) is 3.46. The number of furan rings is 1. The van der Waals surface area contributed by atoms with Gasteiger partial charge < -0.3 is 14.8 Å². The largest absolute Gasteiger partial charge is 0.466 e. The van der Waals surface area contributed by atoms with Crippen LogP contribution >= 0.6 is 11.8 Å². The van der Waals surface area contributed by atoms with E-state index in [0.717, 1.165) is 18.6 Å². The maximum atomic E-state index is 12.0. The van der Waals surface area contributed by atoms with Crippen molar-refractivity contribution in [3.05, 3.63) is 60.1 Å². The van der Waals surface area contributed by atoms with Gasteiger partial charge in [-0.05, 0) is 36.5 Å². The molecule has 0 aliphatic heterocycles. The molecule has 0 spiro atoms. The van der Waals surface area contributed by atoms with Crippen molar-refractivity contribution in [2.45, 2.75) is 24.2 Å². The van der Waals surface area contributed by atoms with Crippen LogP contribution in [-0.2, 0) is 16.1 Å². The predicted molar refractivity (Wildman–Crippen MR) is 90.9 cm³/mol. The third kappa shape index (κ3) is 4.18. The Bertz CT molecular complexity index is 625. The molecular weight excluding hydrogens is 310 g/mol. The average Bonchev–Trinajstić information content (AvgIpc) is 3.29. The first-order valence-electron chi connectivity index (χ1n) is 7.83. The molecule has 0 bridgehead atoms. The zero-order valence-corrected chi connectivity index (χ0v) is 13.7. The highest BCUT2D eigenvalue weighted by molar-refractivity contribution is 7.99. The summed E-state index contributed by atoms with van der Waals surface area (Å²) in [6, 6.07) is 13.6. The van der Waals surface area contributed by atoms with Crippen LogP contribution in [0.15, 0.2) is 53.1 Å². The van der Waals surface area contributed by atoms with Crippen LogP contribution < -0.4 is 5.32 Å². The van der Waals surface area contributed by atoms with Crippen LogP contribution in [0.5, 0.6) is 0 Å². The van der Waals surface area contributed by atoms with Gasteiger partial charge in [0, 0.05) is 5.75 Å². The number of hydrogen-bond donors (Lipinski definition) is 2. The second-order valence-electron chi connectivity index (χ2n) is 5.93. The Morgan fingerprint density at radius 3 is 2.70 bits per heavy atom.